The van der Waals surface area contributed by atoms with E-state index in [9.17, 15) is 15.2 Å². The Hall–Kier alpha value is -3.91. The van der Waals surface area contributed by atoms with Gasteiger partial charge in [-0.2, -0.15) is 0 Å². The number of anilines is 2. The molecule has 1 unspecified atom stereocenters. The lowest BCUT2D eigenvalue weighted by atomic mass is 10.1. The van der Waals surface area contributed by atoms with Gasteiger partial charge in [0.1, 0.15) is 11.9 Å². The van der Waals surface area contributed by atoms with E-state index in [1.807, 2.05) is 53.3 Å². The second-order valence-corrected chi connectivity index (χ2v) is 7.47. The molecule has 0 amide bonds. The number of aliphatic hydroxyl groups excluding tert-OH is 1. The predicted octanol–water partition coefficient (Wildman–Crippen LogP) is 4.77. The van der Waals surface area contributed by atoms with Crippen molar-refractivity contribution in [2.75, 3.05) is 16.3 Å². The van der Waals surface area contributed by atoms with Crippen molar-refractivity contribution in [1.82, 2.24) is 4.98 Å². The van der Waals surface area contributed by atoms with Crippen LogP contribution in [0.3, 0.4) is 0 Å². The fourth-order valence-electron chi connectivity index (χ4n) is 3.54. The quantitative estimate of drug-likeness (QED) is 0.443. The highest BCUT2D eigenvalue weighted by atomic mass is 16.6. The standard InChI is InChI=1S/C24H24N4O4/c1-3-18-5-7-19(8-6-18)26-13-4-14-27(24(26)29)20-9-11-22(17(2)15-20)32-23-12-10-21(16-25-23)28(30)31/h4-13,15-16,24,29H,3,14H2,1-2H3. The predicted molar refractivity (Wildman–Crippen MR) is 123 cm³/mol. The van der Waals surface area contributed by atoms with Gasteiger partial charge >= 0.3 is 0 Å². The number of rotatable bonds is 6. The molecule has 0 radical (unpaired) electrons. The van der Waals surface area contributed by atoms with Crippen LogP contribution in [-0.4, -0.2) is 27.9 Å². The lowest BCUT2D eigenvalue weighted by Gasteiger charge is -2.39. The highest BCUT2D eigenvalue weighted by Gasteiger charge is 2.25. The highest BCUT2D eigenvalue weighted by Crippen LogP contribution is 2.31. The molecule has 0 fully saturated rings. The summed E-state index contributed by atoms with van der Waals surface area (Å²) in [4.78, 5) is 18.0. The fourth-order valence-corrected chi connectivity index (χ4v) is 3.54. The van der Waals surface area contributed by atoms with Gasteiger partial charge in [0, 0.05) is 36.3 Å². The molecule has 8 nitrogen and oxygen atoms in total. The first kappa shape index (κ1) is 21.3. The van der Waals surface area contributed by atoms with Crippen LogP contribution in [0.15, 0.2) is 73.1 Å². The van der Waals surface area contributed by atoms with Crippen LogP contribution in [-0.2, 0) is 6.42 Å². The van der Waals surface area contributed by atoms with Crippen molar-refractivity contribution < 1.29 is 14.8 Å². The monoisotopic (exact) mass is 432 g/mol. The van der Waals surface area contributed by atoms with Crippen molar-refractivity contribution >= 4 is 17.1 Å². The van der Waals surface area contributed by atoms with Gasteiger partial charge in [-0.15, -0.1) is 0 Å². The zero-order chi connectivity index (χ0) is 22.7. The second-order valence-electron chi connectivity index (χ2n) is 7.47. The number of aryl methyl sites for hydroxylation is 2. The van der Waals surface area contributed by atoms with Crippen LogP contribution in [0.5, 0.6) is 11.6 Å². The van der Waals surface area contributed by atoms with Crippen LogP contribution in [0.2, 0.25) is 0 Å². The summed E-state index contributed by atoms with van der Waals surface area (Å²) < 4.78 is 5.79. The maximum Gasteiger partial charge on any atom is 0.287 e. The average molecular weight is 432 g/mol. The van der Waals surface area contributed by atoms with E-state index in [1.165, 1.54) is 17.7 Å². The summed E-state index contributed by atoms with van der Waals surface area (Å²) in [6.45, 7) is 4.58. The SMILES string of the molecule is CCc1ccc(N2C=CCN(c3ccc(Oc4ccc([N+](=O)[O-])cn4)c(C)c3)C2O)cc1. The third-order valence-corrected chi connectivity index (χ3v) is 5.37. The topological polar surface area (TPSA) is 92.0 Å². The third-order valence-electron chi connectivity index (χ3n) is 5.37. The molecule has 2 heterocycles. The van der Waals surface area contributed by atoms with Gasteiger partial charge in [-0.3, -0.25) is 10.1 Å². The van der Waals surface area contributed by atoms with E-state index in [0.29, 0.717) is 12.3 Å². The van der Waals surface area contributed by atoms with E-state index in [-0.39, 0.29) is 11.6 Å². The van der Waals surface area contributed by atoms with Gasteiger partial charge in [0.05, 0.1) is 4.92 Å². The van der Waals surface area contributed by atoms with E-state index in [1.54, 1.807) is 6.07 Å². The Balaban J connectivity index is 1.51. The summed E-state index contributed by atoms with van der Waals surface area (Å²) in [6.07, 6.45) is 5.17. The van der Waals surface area contributed by atoms with Gasteiger partial charge in [0.15, 0.2) is 0 Å². The van der Waals surface area contributed by atoms with Crippen molar-refractivity contribution in [1.29, 1.82) is 0 Å². The number of benzene rings is 2. The van der Waals surface area contributed by atoms with Crippen LogP contribution in [0.25, 0.3) is 0 Å². The Morgan fingerprint density at radius 3 is 2.53 bits per heavy atom. The third kappa shape index (κ3) is 4.40. The molecule has 32 heavy (non-hydrogen) atoms. The minimum absolute atomic E-state index is 0.0922. The molecule has 8 heteroatoms. The highest BCUT2D eigenvalue weighted by molar-refractivity contribution is 5.59. The molecule has 0 spiro atoms. The molecule has 1 aromatic heterocycles. The largest absolute Gasteiger partial charge is 0.439 e. The molecule has 4 rings (SSSR count). The summed E-state index contributed by atoms with van der Waals surface area (Å²) in [6, 6.07) is 16.6. The van der Waals surface area contributed by atoms with Gasteiger partial charge in [0.2, 0.25) is 12.2 Å². The maximum atomic E-state index is 11.0. The number of nitrogens with zero attached hydrogens (tertiary/aromatic N) is 4. The van der Waals surface area contributed by atoms with Crippen molar-refractivity contribution in [3.63, 3.8) is 0 Å². The van der Waals surface area contributed by atoms with Crippen LogP contribution < -0.4 is 14.5 Å². The van der Waals surface area contributed by atoms with Crippen molar-refractivity contribution in [3.05, 3.63) is 94.3 Å². The lowest BCUT2D eigenvalue weighted by Crippen LogP contribution is -2.49. The summed E-state index contributed by atoms with van der Waals surface area (Å²) in [5, 5.41) is 21.8. The summed E-state index contributed by atoms with van der Waals surface area (Å²) >= 11 is 0. The molecule has 0 bridgehead atoms. The Labute approximate surface area is 186 Å². The number of aromatic nitrogens is 1. The number of hydrogen-bond donors (Lipinski definition) is 1. The number of ether oxygens (including phenoxy) is 1. The zero-order valence-electron chi connectivity index (χ0n) is 17.9. The Morgan fingerprint density at radius 2 is 1.91 bits per heavy atom. The van der Waals surface area contributed by atoms with Gasteiger partial charge in [-0.05, 0) is 60.9 Å². The smallest absolute Gasteiger partial charge is 0.287 e. The molecule has 164 valence electrons. The van der Waals surface area contributed by atoms with Crippen LogP contribution in [0.4, 0.5) is 17.1 Å². The first-order valence-electron chi connectivity index (χ1n) is 10.3. The Kier molecular flexibility index (Phi) is 6.04. The van der Waals surface area contributed by atoms with E-state index < -0.39 is 11.3 Å². The minimum Gasteiger partial charge on any atom is -0.439 e. The molecule has 3 aromatic rings. The van der Waals surface area contributed by atoms with Gasteiger partial charge < -0.3 is 19.6 Å². The van der Waals surface area contributed by atoms with Crippen LogP contribution in [0, 0.1) is 17.0 Å². The molecular formula is C24H24N4O4. The first-order valence-corrected chi connectivity index (χ1v) is 10.3. The normalized spacial score (nSPS) is 15.7. The van der Waals surface area contributed by atoms with Crippen molar-refractivity contribution in [2.45, 2.75) is 26.6 Å². The van der Waals surface area contributed by atoms with E-state index in [0.717, 1.165) is 29.6 Å². The van der Waals surface area contributed by atoms with Crippen molar-refractivity contribution in [2.24, 2.45) is 0 Å². The van der Waals surface area contributed by atoms with E-state index in [4.69, 9.17) is 4.74 Å². The van der Waals surface area contributed by atoms with Crippen LogP contribution >= 0.6 is 0 Å². The molecule has 0 saturated carbocycles. The Morgan fingerprint density at radius 1 is 1.16 bits per heavy atom. The molecule has 0 aliphatic carbocycles. The fraction of sp³-hybridized carbons (Fsp3) is 0.208. The zero-order valence-corrected chi connectivity index (χ0v) is 17.9. The van der Waals surface area contributed by atoms with Gasteiger partial charge in [-0.1, -0.05) is 19.1 Å². The van der Waals surface area contributed by atoms with Gasteiger partial charge in [0.25, 0.3) is 5.69 Å². The Bertz CT molecular complexity index is 1130. The second kappa shape index (κ2) is 9.07. The maximum absolute atomic E-state index is 11.0. The number of hydrogen-bond acceptors (Lipinski definition) is 7. The number of aliphatic hydroxyl groups is 1. The summed E-state index contributed by atoms with van der Waals surface area (Å²) in [5.41, 5.74) is 3.76. The van der Waals surface area contributed by atoms with E-state index >= 15 is 0 Å². The minimum atomic E-state index is -0.852. The first-order chi connectivity index (χ1) is 15.5. The molecule has 0 saturated heterocycles. The summed E-state index contributed by atoms with van der Waals surface area (Å²) in [7, 11) is 0. The van der Waals surface area contributed by atoms with Crippen LogP contribution in [0.1, 0.15) is 18.1 Å². The summed E-state index contributed by atoms with van der Waals surface area (Å²) in [5.74, 6) is 0.859. The molecule has 2 aromatic carbocycles. The lowest BCUT2D eigenvalue weighted by molar-refractivity contribution is -0.385. The number of pyridine rings is 1. The molecule has 1 atom stereocenters. The molecule has 1 aliphatic rings. The molecule has 1 aliphatic heterocycles. The van der Waals surface area contributed by atoms with Gasteiger partial charge in [-0.25, -0.2) is 4.98 Å². The average Bonchev–Trinajstić information content (AvgIpc) is 2.81. The number of nitro groups is 1. The van der Waals surface area contributed by atoms with E-state index in [2.05, 4.69) is 24.0 Å². The van der Waals surface area contributed by atoms with Crippen molar-refractivity contribution in [3.8, 4) is 11.6 Å². The molecular weight excluding hydrogens is 408 g/mol. The molecule has 1 N–H and O–H groups in total.